The van der Waals surface area contributed by atoms with Crippen LogP contribution < -0.4 is 10.2 Å². The van der Waals surface area contributed by atoms with E-state index in [1.165, 1.54) is 52.5 Å². The third-order valence-corrected chi connectivity index (χ3v) is 12.3. The molecule has 3 aliphatic heterocycles. The normalized spacial score (nSPS) is 21.2. The van der Waals surface area contributed by atoms with Crippen LogP contribution in [0.3, 0.4) is 0 Å². The van der Waals surface area contributed by atoms with Crippen LogP contribution in [0.25, 0.3) is 0 Å². The maximum Gasteiger partial charge on any atom is 0.219 e. The van der Waals surface area contributed by atoms with Gasteiger partial charge in [-0.25, -0.2) is 0 Å². The molecule has 2 aromatic carbocycles. The number of nitrogens with zero attached hydrogens (tertiary/aromatic N) is 2. The molecule has 1 fully saturated rings. The van der Waals surface area contributed by atoms with E-state index in [1.807, 2.05) is 21.6 Å². The van der Waals surface area contributed by atoms with Crippen molar-refractivity contribution in [2.24, 2.45) is 0 Å². The van der Waals surface area contributed by atoms with Gasteiger partial charge in [-0.15, -0.1) is 0 Å². The fourth-order valence-corrected chi connectivity index (χ4v) is 10.0. The van der Waals surface area contributed by atoms with Crippen molar-refractivity contribution >= 4 is 44.6 Å². The summed E-state index contributed by atoms with van der Waals surface area (Å²) in [6, 6.07) is 17.7. The number of unbranched alkanes of at least 4 members (excludes halogenated alkanes) is 1. The Balaban J connectivity index is 1.25. The molecule has 1 unspecified atom stereocenters. The lowest BCUT2D eigenvalue weighted by atomic mass is 9.81. The fraction of sp³-hybridized carbons (Fsp3) is 0.514. The molecule has 0 aromatic heterocycles. The average molecular weight is 617 g/mol. The minimum Gasteiger partial charge on any atom is -0.356 e. The largest absolute Gasteiger partial charge is 0.356 e. The predicted molar refractivity (Wildman–Crippen MR) is 188 cm³/mol. The maximum atomic E-state index is 12.5. The van der Waals surface area contributed by atoms with E-state index in [9.17, 15) is 4.79 Å². The van der Waals surface area contributed by atoms with Crippen molar-refractivity contribution in [1.82, 2.24) is 5.32 Å². The molecule has 0 saturated carbocycles. The van der Waals surface area contributed by atoms with Gasteiger partial charge in [0.05, 0.1) is 5.41 Å². The second kappa shape index (κ2) is 14.1. The molecule has 1 saturated heterocycles. The first-order valence-corrected chi connectivity index (χ1v) is 18.7. The highest BCUT2D eigenvalue weighted by molar-refractivity contribution is 8.77. The van der Waals surface area contributed by atoms with E-state index < -0.39 is 0 Å². The number of anilines is 1. The molecule has 4 nitrogen and oxygen atoms in total. The van der Waals surface area contributed by atoms with Gasteiger partial charge in [0, 0.05) is 71.4 Å². The Hall–Kier alpha value is -2.44. The second-order valence-electron chi connectivity index (χ2n) is 13.2. The van der Waals surface area contributed by atoms with E-state index in [2.05, 4.69) is 116 Å². The molecular weight excluding hydrogens is 567 g/mol. The Kier molecular flexibility index (Phi) is 10.5. The summed E-state index contributed by atoms with van der Waals surface area (Å²) < 4.78 is 2.51. The Labute approximate surface area is 267 Å². The average Bonchev–Trinajstić information content (AvgIpc) is 3.65. The van der Waals surface area contributed by atoms with Gasteiger partial charge in [0.2, 0.25) is 11.6 Å². The van der Waals surface area contributed by atoms with Gasteiger partial charge in [0.25, 0.3) is 0 Å². The lowest BCUT2D eigenvalue weighted by Gasteiger charge is -2.27. The van der Waals surface area contributed by atoms with E-state index in [4.69, 9.17) is 0 Å². The maximum absolute atomic E-state index is 12.5. The van der Waals surface area contributed by atoms with Crippen molar-refractivity contribution < 1.29 is 9.37 Å². The molecule has 3 heterocycles. The molecule has 1 atom stereocenters. The molecule has 3 aliphatic rings. The van der Waals surface area contributed by atoms with Crippen LogP contribution in [0.2, 0.25) is 0 Å². The zero-order valence-electron chi connectivity index (χ0n) is 26.8. The molecule has 5 rings (SSSR count). The number of carbonyl (C=O) groups excluding carboxylic acids is 1. The fourth-order valence-electron chi connectivity index (χ4n) is 6.99. The number of nitrogens with one attached hydrogen (secondary N) is 1. The molecular formula is C37H50N3OS2+. The SMILES string of the molecule is CCC[N+]1=C(C=CC=C2N(CCCNC(=O)CCCCC3CCSS3)c3ccccc3C2(C)C)C(C)(C)c2ccccc21. The lowest BCUT2D eigenvalue weighted by Crippen LogP contribution is -2.30. The summed E-state index contributed by atoms with van der Waals surface area (Å²) in [7, 11) is 4.03. The Bertz CT molecular complexity index is 1380. The van der Waals surface area contributed by atoms with Gasteiger partial charge in [0.1, 0.15) is 6.54 Å². The molecule has 230 valence electrons. The second-order valence-corrected chi connectivity index (χ2v) is 15.9. The number of hydrogen-bond donors (Lipinski definition) is 1. The number of hydrogen-bond acceptors (Lipinski definition) is 4. The molecule has 2 aromatic rings. The first kappa shape index (κ1) is 32.0. The van der Waals surface area contributed by atoms with Gasteiger partial charge in [-0.2, -0.15) is 4.58 Å². The van der Waals surface area contributed by atoms with Crippen LogP contribution in [0, 0.1) is 0 Å². The predicted octanol–water partition coefficient (Wildman–Crippen LogP) is 8.93. The third kappa shape index (κ3) is 6.96. The summed E-state index contributed by atoms with van der Waals surface area (Å²) in [5.41, 5.74) is 7.93. The highest BCUT2D eigenvalue weighted by Crippen LogP contribution is 2.48. The van der Waals surface area contributed by atoms with Gasteiger partial charge < -0.3 is 10.2 Å². The van der Waals surface area contributed by atoms with Gasteiger partial charge in [0.15, 0.2) is 5.71 Å². The van der Waals surface area contributed by atoms with Gasteiger partial charge in [-0.1, -0.05) is 91.3 Å². The van der Waals surface area contributed by atoms with Crippen molar-refractivity contribution in [3.8, 4) is 0 Å². The van der Waals surface area contributed by atoms with Crippen molar-refractivity contribution in [2.75, 3.05) is 30.3 Å². The van der Waals surface area contributed by atoms with Crippen LogP contribution >= 0.6 is 21.6 Å². The summed E-state index contributed by atoms with van der Waals surface area (Å²) in [5.74, 6) is 1.48. The van der Waals surface area contributed by atoms with Crippen LogP contribution in [0.1, 0.15) is 90.7 Å². The third-order valence-electron chi connectivity index (χ3n) is 9.34. The number of carbonyl (C=O) groups is 1. The van der Waals surface area contributed by atoms with Crippen molar-refractivity contribution in [2.45, 2.75) is 95.6 Å². The monoisotopic (exact) mass is 616 g/mol. The van der Waals surface area contributed by atoms with Crippen LogP contribution in [0.4, 0.5) is 11.4 Å². The molecule has 1 N–H and O–H groups in total. The number of fused-ring (bicyclic) bond motifs is 2. The zero-order valence-corrected chi connectivity index (χ0v) is 28.5. The molecule has 0 radical (unpaired) electrons. The minimum absolute atomic E-state index is 0.0403. The number of allylic oxidation sites excluding steroid dienone is 4. The summed E-state index contributed by atoms with van der Waals surface area (Å²) in [6.07, 6.45) is 14.3. The molecule has 0 bridgehead atoms. The smallest absolute Gasteiger partial charge is 0.219 e. The number of rotatable bonds is 13. The number of amides is 1. The van der Waals surface area contributed by atoms with Crippen molar-refractivity contribution in [3.63, 3.8) is 0 Å². The van der Waals surface area contributed by atoms with E-state index in [-0.39, 0.29) is 16.7 Å². The first-order valence-electron chi connectivity index (χ1n) is 16.3. The van der Waals surface area contributed by atoms with Crippen LogP contribution in [-0.4, -0.2) is 46.8 Å². The zero-order chi connectivity index (χ0) is 30.5. The van der Waals surface area contributed by atoms with Crippen LogP contribution in [0.15, 0.2) is 72.5 Å². The Morgan fingerprint density at radius 1 is 1.02 bits per heavy atom. The summed E-state index contributed by atoms with van der Waals surface area (Å²) in [6.45, 7) is 14.2. The van der Waals surface area contributed by atoms with Gasteiger partial charge >= 0.3 is 0 Å². The summed E-state index contributed by atoms with van der Waals surface area (Å²) in [5, 5.41) is 3.99. The quantitative estimate of drug-likeness (QED) is 0.138. The van der Waals surface area contributed by atoms with Crippen molar-refractivity contribution in [1.29, 1.82) is 0 Å². The first-order chi connectivity index (χ1) is 20.7. The van der Waals surface area contributed by atoms with Crippen LogP contribution in [-0.2, 0) is 15.6 Å². The topological polar surface area (TPSA) is 35.4 Å². The lowest BCUT2D eigenvalue weighted by molar-refractivity contribution is -0.437. The van der Waals surface area contributed by atoms with Crippen LogP contribution in [0.5, 0.6) is 0 Å². The highest BCUT2D eigenvalue weighted by atomic mass is 33.1. The van der Waals surface area contributed by atoms with E-state index in [0.717, 1.165) is 44.0 Å². The molecule has 6 heteroatoms. The van der Waals surface area contributed by atoms with E-state index in [0.29, 0.717) is 13.0 Å². The number of benzene rings is 2. The van der Waals surface area contributed by atoms with E-state index >= 15 is 0 Å². The van der Waals surface area contributed by atoms with Gasteiger partial charge in [-0.05, 0) is 57.2 Å². The standard InChI is InChI=1S/C37H49N3OS2/c1-6-25-39-31-18-10-8-16-29(31)36(2,3)33(39)20-13-21-34-37(4,5)30-17-9-11-19-32(30)40(34)26-14-24-38-35(41)22-12-7-15-28-23-27-42-43-28/h8-11,13,16-21,28H,6-7,12,14-15,22-27H2,1-5H3/p+1. The Morgan fingerprint density at radius 3 is 2.56 bits per heavy atom. The molecule has 0 aliphatic carbocycles. The minimum atomic E-state index is -0.0950. The summed E-state index contributed by atoms with van der Waals surface area (Å²) in [4.78, 5) is 15.0. The van der Waals surface area contributed by atoms with E-state index in [1.54, 1.807) is 0 Å². The molecule has 0 spiro atoms. The highest BCUT2D eigenvalue weighted by Gasteiger charge is 2.44. The van der Waals surface area contributed by atoms with Gasteiger partial charge in [-0.3, -0.25) is 4.79 Å². The molecule has 43 heavy (non-hydrogen) atoms. The summed E-state index contributed by atoms with van der Waals surface area (Å²) >= 11 is 0. The van der Waals surface area contributed by atoms with Crippen molar-refractivity contribution in [3.05, 3.63) is 83.6 Å². The molecule has 1 amide bonds. The Morgan fingerprint density at radius 2 is 1.79 bits per heavy atom. The number of para-hydroxylation sites is 2.